The lowest BCUT2D eigenvalue weighted by atomic mass is 9.99. The molecule has 3 aromatic carbocycles. The Labute approximate surface area is 141 Å². The van der Waals surface area contributed by atoms with Crippen LogP contribution in [0.1, 0.15) is 21.5 Å². The van der Waals surface area contributed by atoms with E-state index in [1.54, 1.807) is 12.1 Å². The molecule has 0 fully saturated rings. The SMILES string of the molecule is COC(=O)c1ccccc1C#Cc1ccccc1-c1ccccc1. The van der Waals surface area contributed by atoms with Crippen LogP contribution in [0.15, 0.2) is 78.9 Å². The van der Waals surface area contributed by atoms with Gasteiger partial charge in [-0.25, -0.2) is 4.79 Å². The number of esters is 1. The largest absolute Gasteiger partial charge is 0.465 e. The molecule has 24 heavy (non-hydrogen) atoms. The Balaban J connectivity index is 2.04. The third-order valence-corrected chi connectivity index (χ3v) is 3.68. The molecule has 0 spiro atoms. The van der Waals surface area contributed by atoms with E-state index >= 15 is 0 Å². The van der Waals surface area contributed by atoms with E-state index in [9.17, 15) is 4.79 Å². The number of hydrogen-bond donors (Lipinski definition) is 0. The van der Waals surface area contributed by atoms with Gasteiger partial charge in [-0.15, -0.1) is 0 Å². The van der Waals surface area contributed by atoms with Gasteiger partial charge < -0.3 is 4.74 Å². The summed E-state index contributed by atoms with van der Waals surface area (Å²) >= 11 is 0. The van der Waals surface area contributed by atoms with Crippen molar-refractivity contribution in [1.29, 1.82) is 0 Å². The van der Waals surface area contributed by atoms with E-state index in [0.717, 1.165) is 16.7 Å². The van der Waals surface area contributed by atoms with Crippen molar-refractivity contribution in [2.75, 3.05) is 7.11 Å². The molecular weight excluding hydrogens is 296 g/mol. The summed E-state index contributed by atoms with van der Waals surface area (Å²) in [6, 6.07) is 25.3. The molecule has 0 heterocycles. The second-order valence-corrected chi connectivity index (χ2v) is 5.20. The molecule has 2 nitrogen and oxygen atoms in total. The summed E-state index contributed by atoms with van der Waals surface area (Å²) in [5.41, 5.74) is 4.24. The fourth-order valence-electron chi connectivity index (χ4n) is 2.48. The van der Waals surface area contributed by atoms with Crippen molar-refractivity contribution in [3.63, 3.8) is 0 Å². The predicted octanol–water partition coefficient (Wildman–Crippen LogP) is 4.54. The van der Waals surface area contributed by atoms with Crippen molar-refractivity contribution in [3.8, 4) is 23.0 Å². The molecule has 3 aromatic rings. The van der Waals surface area contributed by atoms with Crippen molar-refractivity contribution >= 4 is 5.97 Å². The van der Waals surface area contributed by atoms with Crippen LogP contribution >= 0.6 is 0 Å². The Hall–Kier alpha value is -3.31. The van der Waals surface area contributed by atoms with Gasteiger partial charge in [-0.05, 0) is 29.3 Å². The number of rotatable bonds is 2. The van der Waals surface area contributed by atoms with E-state index in [4.69, 9.17) is 4.74 Å². The Morgan fingerprint density at radius 3 is 2.08 bits per heavy atom. The van der Waals surface area contributed by atoms with Gasteiger partial charge in [0.25, 0.3) is 0 Å². The van der Waals surface area contributed by atoms with Crippen molar-refractivity contribution in [2.24, 2.45) is 0 Å². The average Bonchev–Trinajstić information content (AvgIpc) is 2.67. The summed E-state index contributed by atoms with van der Waals surface area (Å²) in [7, 11) is 1.37. The summed E-state index contributed by atoms with van der Waals surface area (Å²) in [5.74, 6) is 5.92. The Morgan fingerprint density at radius 1 is 0.750 bits per heavy atom. The Kier molecular flexibility index (Phi) is 4.74. The molecule has 0 aromatic heterocycles. The van der Waals surface area contributed by atoms with Crippen LogP contribution in [0.25, 0.3) is 11.1 Å². The monoisotopic (exact) mass is 312 g/mol. The summed E-state index contributed by atoms with van der Waals surface area (Å²) in [5, 5.41) is 0. The molecule has 3 rings (SSSR count). The maximum Gasteiger partial charge on any atom is 0.339 e. The second kappa shape index (κ2) is 7.30. The van der Waals surface area contributed by atoms with Gasteiger partial charge in [0.05, 0.1) is 12.7 Å². The fourth-order valence-corrected chi connectivity index (χ4v) is 2.48. The zero-order valence-electron chi connectivity index (χ0n) is 13.3. The molecule has 0 aliphatic heterocycles. The highest BCUT2D eigenvalue weighted by Gasteiger charge is 2.09. The molecule has 0 radical (unpaired) electrons. The van der Waals surface area contributed by atoms with Gasteiger partial charge in [0.2, 0.25) is 0 Å². The molecule has 116 valence electrons. The topological polar surface area (TPSA) is 26.3 Å². The lowest BCUT2D eigenvalue weighted by molar-refractivity contribution is 0.0600. The number of carbonyl (C=O) groups is 1. The van der Waals surface area contributed by atoms with Gasteiger partial charge in [-0.1, -0.05) is 72.5 Å². The van der Waals surface area contributed by atoms with Gasteiger partial charge >= 0.3 is 5.97 Å². The van der Waals surface area contributed by atoms with Gasteiger partial charge in [-0.3, -0.25) is 0 Å². The molecule has 0 aliphatic carbocycles. The van der Waals surface area contributed by atoms with Gasteiger partial charge in [0.15, 0.2) is 0 Å². The minimum absolute atomic E-state index is 0.378. The zero-order chi connectivity index (χ0) is 16.8. The molecule has 0 aliphatic rings. The first kappa shape index (κ1) is 15.6. The van der Waals surface area contributed by atoms with E-state index in [-0.39, 0.29) is 5.97 Å². The Morgan fingerprint density at radius 2 is 1.33 bits per heavy atom. The molecule has 2 heteroatoms. The van der Waals surface area contributed by atoms with Crippen molar-refractivity contribution in [2.45, 2.75) is 0 Å². The van der Waals surface area contributed by atoms with Crippen LogP contribution in [0.4, 0.5) is 0 Å². The van der Waals surface area contributed by atoms with Crippen LogP contribution in [0, 0.1) is 11.8 Å². The number of ether oxygens (including phenoxy) is 1. The van der Waals surface area contributed by atoms with Crippen molar-refractivity contribution < 1.29 is 9.53 Å². The molecule has 0 saturated heterocycles. The minimum Gasteiger partial charge on any atom is -0.465 e. The standard InChI is InChI=1S/C22H16O2/c1-24-22(23)21-14-8-6-12-19(21)16-15-18-11-5-7-13-20(18)17-9-3-2-4-10-17/h2-14H,1H3. The number of benzene rings is 3. The maximum atomic E-state index is 11.8. The zero-order valence-corrected chi connectivity index (χ0v) is 13.3. The van der Waals surface area contributed by atoms with Crippen LogP contribution in [0.2, 0.25) is 0 Å². The molecule has 0 bridgehead atoms. The van der Waals surface area contributed by atoms with Crippen LogP contribution in [0.5, 0.6) is 0 Å². The highest BCUT2D eigenvalue weighted by atomic mass is 16.5. The first-order valence-corrected chi connectivity index (χ1v) is 7.63. The first-order chi connectivity index (χ1) is 11.8. The smallest absolute Gasteiger partial charge is 0.339 e. The molecule has 0 amide bonds. The van der Waals surface area contributed by atoms with E-state index in [0.29, 0.717) is 11.1 Å². The van der Waals surface area contributed by atoms with Crippen LogP contribution in [0.3, 0.4) is 0 Å². The lowest BCUT2D eigenvalue weighted by Gasteiger charge is -2.04. The van der Waals surface area contributed by atoms with E-state index in [1.165, 1.54) is 7.11 Å². The van der Waals surface area contributed by atoms with E-state index < -0.39 is 0 Å². The normalized spacial score (nSPS) is 9.71. The van der Waals surface area contributed by atoms with Crippen LogP contribution in [-0.4, -0.2) is 13.1 Å². The average molecular weight is 312 g/mol. The van der Waals surface area contributed by atoms with E-state index in [1.807, 2.05) is 54.6 Å². The quantitative estimate of drug-likeness (QED) is 0.513. The lowest BCUT2D eigenvalue weighted by Crippen LogP contribution is -2.03. The number of methoxy groups -OCH3 is 1. The highest BCUT2D eigenvalue weighted by Crippen LogP contribution is 2.22. The molecule has 0 saturated carbocycles. The van der Waals surface area contributed by atoms with E-state index in [2.05, 4.69) is 24.0 Å². The highest BCUT2D eigenvalue weighted by molar-refractivity contribution is 5.92. The first-order valence-electron chi connectivity index (χ1n) is 7.63. The maximum absolute atomic E-state index is 11.8. The molecule has 0 N–H and O–H groups in total. The molecular formula is C22H16O2. The number of carbonyl (C=O) groups excluding carboxylic acids is 1. The van der Waals surface area contributed by atoms with Crippen LogP contribution in [-0.2, 0) is 4.74 Å². The van der Waals surface area contributed by atoms with Gasteiger partial charge in [-0.2, -0.15) is 0 Å². The predicted molar refractivity (Wildman–Crippen MR) is 95.6 cm³/mol. The van der Waals surface area contributed by atoms with Crippen molar-refractivity contribution in [3.05, 3.63) is 95.6 Å². The third kappa shape index (κ3) is 3.37. The molecule has 0 unspecified atom stereocenters. The summed E-state index contributed by atoms with van der Waals surface area (Å²) < 4.78 is 4.82. The van der Waals surface area contributed by atoms with Gasteiger partial charge in [0.1, 0.15) is 0 Å². The second-order valence-electron chi connectivity index (χ2n) is 5.20. The fraction of sp³-hybridized carbons (Fsp3) is 0.0455. The third-order valence-electron chi connectivity index (χ3n) is 3.68. The summed E-state index contributed by atoms with van der Waals surface area (Å²) in [4.78, 5) is 11.8. The summed E-state index contributed by atoms with van der Waals surface area (Å²) in [6.07, 6.45) is 0. The summed E-state index contributed by atoms with van der Waals surface area (Å²) in [6.45, 7) is 0. The number of hydrogen-bond acceptors (Lipinski definition) is 2. The minimum atomic E-state index is -0.378. The van der Waals surface area contributed by atoms with Crippen molar-refractivity contribution in [1.82, 2.24) is 0 Å². The van der Waals surface area contributed by atoms with Gasteiger partial charge in [0, 0.05) is 11.1 Å². The molecule has 0 atom stereocenters. The van der Waals surface area contributed by atoms with Crippen LogP contribution < -0.4 is 0 Å². The Bertz CT molecular complexity index is 915.